The highest BCUT2D eigenvalue weighted by Gasteiger charge is 2.31. The van der Waals surface area contributed by atoms with E-state index in [0.717, 1.165) is 18.5 Å². The summed E-state index contributed by atoms with van der Waals surface area (Å²) in [4.78, 5) is 37.1. The number of nitrogens with zero attached hydrogens (tertiary/aromatic N) is 5. The van der Waals surface area contributed by atoms with Crippen LogP contribution in [-0.4, -0.2) is 78.4 Å². The Labute approximate surface area is 224 Å². The molecule has 0 spiro atoms. The van der Waals surface area contributed by atoms with E-state index in [4.69, 9.17) is 5.26 Å². The number of rotatable bonds is 9. The lowest BCUT2D eigenvalue weighted by Crippen LogP contribution is -2.51. The number of carbonyl (C=O) groups is 2. The van der Waals surface area contributed by atoms with Crippen LogP contribution in [0.2, 0.25) is 0 Å². The number of aromatic nitrogens is 2. The Morgan fingerprint density at radius 1 is 1.21 bits per heavy atom. The summed E-state index contributed by atoms with van der Waals surface area (Å²) in [5.41, 5.74) is 2.04. The summed E-state index contributed by atoms with van der Waals surface area (Å²) in [5, 5.41) is 18.1. The van der Waals surface area contributed by atoms with E-state index in [-0.39, 0.29) is 23.8 Å². The molecule has 0 radical (unpaired) electrons. The van der Waals surface area contributed by atoms with Gasteiger partial charge < -0.3 is 25.8 Å². The molecule has 1 aliphatic rings. The number of likely N-dealkylation sites (N-methyl/N-ethyl adjacent to an activating group) is 2. The zero-order valence-corrected chi connectivity index (χ0v) is 22.4. The van der Waals surface area contributed by atoms with Gasteiger partial charge >= 0.3 is 0 Å². The van der Waals surface area contributed by atoms with Crippen molar-refractivity contribution in [1.82, 2.24) is 25.1 Å². The fraction of sp³-hybridized carbons (Fsp3) is 0.393. The van der Waals surface area contributed by atoms with Gasteiger partial charge in [0.15, 0.2) is 0 Å². The Kier molecular flexibility index (Phi) is 9.80. The Balaban J connectivity index is 1.50. The topological polar surface area (TPSA) is 126 Å². The third kappa shape index (κ3) is 7.79. The Morgan fingerprint density at radius 3 is 2.55 bits per heavy atom. The van der Waals surface area contributed by atoms with E-state index in [9.17, 15) is 9.59 Å². The van der Waals surface area contributed by atoms with E-state index in [1.165, 1.54) is 11.0 Å². The SMILES string of the molecule is CNc1nc(Nc2ccc(C#N)cc2)ncc1C#C[C@H]1C[C@H](NC(=O)[C@H](C)N(C)C(=O)/C=C/CN(C)C)C1. The molecule has 0 saturated heterocycles. The largest absolute Gasteiger partial charge is 0.372 e. The molecule has 1 saturated carbocycles. The van der Waals surface area contributed by atoms with Crippen molar-refractivity contribution in [1.29, 1.82) is 5.26 Å². The van der Waals surface area contributed by atoms with E-state index >= 15 is 0 Å². The lowest BCUT2D eigenvalue weighted by Gasteiger charge is -2.34. The Bertz CT molecular complexity index is 1260. The maximum absolute atomic E-state index is 12.6. The molecule has 1 aromatic carbocycles. The van der Waals surface area contributed by atoms with Crippen LogP contribution < -0.4 is 16.0 Å². The van der Waals surface area contributed by atoms with Crippen molar-refractivity contribution < 1.29 is 9.59 Å². The van der Waals surface area contributed by atoms with Gasteiger partial charge in [0.05, 0.1) is 23.4 Å². The van der Waals surface area contributed by atoms with Crippen LogP contribution in [0.15, 0.2) is 42.6 Å². The maximum Gasteiger partial charge on any atom is 0.246 e. The van der Waals surface area contributed by atoms with E-state index in [1.807, 2.05) is 19.0 Å². The van der Waals surface area contributed by atoms with Crippen LogP contribution >= 0.6 is 0 Å². The molecule has 38 heavy (non-hydrogen) atoms. The predicted molar refractivity (Wildman–Crippen MR) is 147 cm³/mol. The lowest BCUT2D eigenvalue weighted by atomic mass is 9.80. The van der Waals surface area contributed by atoms with Gasteiger partial charge in [-0.1, -0.05) is 17.9 Å². The van der Waals surface area contributed by atoms with Crippen LogP contribution in [0.1, 0.15) is 30.9 Å². The van der Waals surface area contributed by atoms with Gasteiger partial charge in [0.1, 0.15) is 11.9 Å². The molecule has 1 heterocycles. The monoisotopic (exact) mass is 514 g/mol. The number of anilines is 3. The quantitative estimate of drug-likeness (QED) is 0.344. The Morgan fingerprint density at radius 2 is 1.92 bits per heavy atom. The van der Waals surface area contributed by atoms with Crippen LogP contribution in [0.3, 0.4) is 0 Å². The number of nitrogens with one attached hydrogen (secondary N) is 3. The van der Waals surface area contributed by atoms with Crippen LogP contribution in [0.25, 0.3) is 0 Å². The van der Waals surface area contributed by atoms with E-state index in [2.05, 4.69) is 43.8 Å². The number of carbonyl (C=O) groups excluding carboxylic acids is 2. The van der Waals surface area contributed by atoms with Crippen molar-refractivity contribution in [2.45, 2.75) is 31.8 Å². The molecule has 10 nitrogen and oxygen atoms in total. The molecule has 1 aromatic heterocycles. The smallest absolute Gasteiger partial charge is 0.246 e. The molecule has 0 aliphatic heterocycles. The molecule has 1 aliphatic carbocycles. The first-order chi connectivity index (χ1) is 18.2. The van der Waals surface area contributed by atoms with Gasteiger partial charge in [-0.25, -0.2) is 4.98 Å². The lowest BCUT2D eigenvalue weighted by molar-refractivity contribution is -0.135. The minimum Gasteiger partial charge on any atom is -0.372 e. The van der Waals surface area contributed by atoms with Crippen molar-refractivity contribution in [2.24, 2.45) is 5.92 Å². The number of amides is 2. The molecule has 1 fully saturated rings. The van der Waals surface area contributed by atoms with Gasteiger partial charge in [0.2, 0.25) is 17.8 Å². The van der Waals surface area contributed by atoms with E-state index in [1.54, 1.807) is 57.6 Å². The van der Waals surface area contributed by atoms with Crippen molar-refractivity contribution in [3.05, 3.63) is 53.7 Å². The summed E-state index contributed by atoms with van der Waals surface area (Å²) in [6, 6.07) is 8.59. The molecular formula is C28H34N8O2. The highest BCUT2D eigenvalue weighted by atomic mass is 16.2. The Hall–Kier alpha value is -4.41. The van der Waals surface area contributed by atoms with Crippen molar-refractivity contribution in [3.63, 3.8) is 0 Å². The minimum atomic E-state index is -0.566. The summed E-state index contributed by atoms with van der Waals surface area (Å²) in [7, 11) is 7.25. The first kappa shape index (κ1) is 28.2. The molecular weight excluding hydrogens is 480 g/mol. The standard InChI is InChI=1S/C28H34N8O2/c1-19(36(5)25(37)7-6-14-35(3)4)27(38)32-24-15-21(16-24)8-11-22-18-31-28(34-26(22)30-2)33-23-12-9-20(17-29)10-13-23/h6-7,9-10,12-13,18-19,21,24H,14-16H2,1-5H3,(H,32,38)(H2,30,31,33,34)/b7-6+/t19-,21-,24-/m0/s1. The number of nitriles is 1. The minimum absolute atomic E-state index is 0.0380. The average molecular weight is 515 g/mol. The highest BCUT2D eigenvalue weighted by Crippen LogP contribution is 2.27. The number of benzene rings is 1. The zero-order chi connectivity index (χ0) is 27.7. The summed E-state index contributed by atoms with van der Waals surface area (Å²) in [5.74, 6) is 7.21. The first-order valence-corrected chi connectivity index (χ1v) is 12.4. The second kappa shape index (κ2) is 13.2. The molecule has 1 atom stereocenters. The maximum atomic E-state index is 12.6. The molecule has 0 bridgehead atoms. The summed E-state index contributed by atoms with van der Waals surface area (Å²) >= 11 is 0. The second-order valence-corrected chi connectivity index (χ2v) is 9.45. The average Bonchev–Trinajstić information content (AvgIpc) is 2.89. The van der Waals surface area contributed by atoms with Gasteiger partial charge in [-0.05, 0) is 58.1 Å². The van der Waals surface area contributed by atoms with Crippen molar-refractivity contribution in [3.8, 4) is 17.9 Å². The van der Waals surface area contributed by atoms with Crippen LogP contribution in [-0.2, 0) is 9.59 Å². The van der Waals surface area contributed by atoms with E-state index in [0.29, 0.717) is 29.4 Å². The van der Waals surface area contributed by atoms with Crippen LogP contribution in [0.4, 0.5) is 17.5 Å². The molecule has 3 N–H and O–H groups in total. The zero-order valence-electron chi connectivity index (χ0n) is 22.4. The fourth-order valence-corrected chi connectivity index (χ4v) is 3.69. The summed E-state index contributed by atoms with van der Waals surface area (Å²) in [6.07, 6.45) is 6.44. The molecule has 10 heteroatoms. The second-order valence-electron chi connectivity index (χ2n) is 9.45. The molecule has 198 valence electrons. The fourth-order valence-electron chi connectivity index (χ4n) is 3.69. The van der Waals surface area contributed by atoms with Crippen LogP contribution in [0.5, 0.6) is 0 Å². The number of hydrogen-bond acceptors (Lipinski definition) is 8. The van der Waals surface area contributed by atoms with Crippen LogP contribution in [0, 0.1) is 29.1 Å². The molecule has 0 unspecified atom stereocenters. The van der Waals surface area contributed by atoms with Gasteiger partial charge in [0.25, 0.3) is 0 Å². The van der Waals surface area contributed by atoms with E-state index < -0.39 is 6.04 Å². The first-order valence-electron chi connectivity index (χ1n) is 12.4. The van der Waals surface area contributed by atoms with Gasteiger partial charge in [-0.3, -0.25) is 9.59 Å². The van der Waals surface area contributed by atoms with Gasteiger partial charge in [-0.2, -0.15) is 10.2 Å². The normalized spacial score (nSPS) is 17.0. The van der Waals surface area contributed by atoms with Crippen molar-refractivity contribution in [2.75, 3.05) is 45.4 Å². The third-order valence-electron chi connectivity index (χ3n) is 6.23. The summed E-state index contributed by atoms with van der Waals surface area (Å²) < 4.78 is 0. The van der Waals surface area contributed by atoms with Gasteiger partial charge in [-0.15, -0.1) is 0 Å². The van der Waals surface area contributed by atoms with Gasteiger partial charge in [0, 0.05) is 44.4 Å². The molecule has 2 amide bonds. The highest BCUT2D eigenvalue weighted by molar-refractivity contribution is 5.92. The van der Waals surface area contributed by atoms with Crippen molar-refractivity contribution >= 4 is 29.3 Å². The summed E-state index contributed by atoms with van der Waals surface area (Å²) in [6.45, 7) is 2.38. The molecule has 2 aromatic rings. The number of hydrogen-bond donors (Lipinski definition) is 3. The third-order valence-corrected chi connectivity index (χ3v) is 6.23. The predicted octanol–water partition coefficient (Wildman–Crippen LogP) is 2.34. The molecule has 3 rings (SSSR count).